The number of benzene rings is 2. The van der Waals surface area contributed by atoms with Crippen LogP contribution in [0.3, 0.4) is 0 Å². The lowest BCUT2D eigenvalue weighted by molar-refractivity contribution is -0.119. The Morgan fingerprint density at radius 2 is 1.67 bits per heavy atom. The highest BCUT2D eigenvalue weighted by atomic mass is 16.5. The van der Waals surface area contributed by atoms with Crippen molar-refractivity contribution in [3.8, 4) is 11.5 Å². The smallest absolute Gasteiger partial charge is 0.317 e. The lowest BCUT2D eigenvalue weighted by Crippen LogP contribution is -2.43. The molecule has 3 aliphatic heterocycles. The number of aryl methyl sites for hydroxylation is 1. The van der Waals surface area contributed by atoms with Crippen LogP contribution in [0.1, 0.15) is 35.2 Å². The number of anilines is 2. The molecule has 0 amide bonds. The lowest BCUT2D eigenvalue weighted by atomic mass is 9.96. The van der Waals surface area contributed by atoms with Crippen molar-refractivity contribution in [3.63, 3.8) is 0 Å². The maximum absolute atomic E-state index is 13.3. The second-order valence-electron chi connectivity index (χ2n) is 10.3. The highest BCUT2D eigenvalue weighted by Crippen LogP contribution is 2.35. The quantitative estimate of drug-likeness (QED) is 0.417. The zero-order valence-corrected chi connectivity index (χ0v) is 21.6. The molecular weight excluding hydrogens is 492 g/mol. The molecule has 4 aromatic rings. The molecule has 3 atom stereocenters. The van der Waals surface area contributed by atoms with Crippen LogP contribution in [0.4, 0.5) is 11.8 Å². The Labute approximate surface area is 226 Å². The predicted octanol–water partition coefficient (Wildman–Crippen LogP) is 4.21. The minimum atomic E-state index is -0.869. The number of ketones is 1. The zero-order valence-electron chi connectivity index (χ0n) is 21.6. The van der Waals surface area contributed by atoms with E-state index < -0.39 is 6.17 Å². The molecule has 7 rings (SSSR count). The Morgan fingerprint density at radius 1 is 0.897 bits per heavy atom. The van der Waals surface area contributed by atoms with Crippen LogP contribution in [0.25, 0.3) is 11.5 Å². The van der Waals surface area contributed by atoms with E-state index in [1.54, 1.807) is 0 Å². The molecule has 9 heteroatoms. The first-order valence-electron chi connectivity index (χ1n) is 13.3. The van der Waals surface area contributed by atoms with Crippen LogP contribution >= 0.6 is 0 Å². The van der Waals surface area contributed by atoms with E-state index in [2.05, 4.69) is 20.4 Å². The predicted molar refractivity (Wildman–Crippen MR) is 147 cm³/mol. The first-order chi connectivity index (χ1) is 19.1. The van der Waals surface area contributed by atoms with Crippen LogP contribution in [0.2, 0.25) is 0 Å². The van der Waals surface area contributed by atoms with E-state index >= 15 is 0 Å². The van der Waals surface area contributed by atoms with E-state index in [0.29, 0.717) is 5.89 Å². The number of nitrogens with one attached hydrogen (secondary N) is 1. The normalized spacial score (nSPS) is 22.3. The minimum absolute atomic E-state index is 0.0744. The second-order valence-corrected chi connectivity index (χ2v) is 10.3. The molecule has 2 aromatic carbocycles. The molecule has 39 heavy (non-hydrogen) atoms. The summed E-state index contributed by atoms with van der Waals surface area (Å²) in [5, 5.41) is 11.6. The Hall–Kier alpha value is -4.37. The standard InChI is InChI=1S/C30H28N6O3/c1-18-11-14-24(28(31-18)36-16-21-12-13-22(17-36)38-21)29-34-35-30(39-29)33-27-25(37)15-20-9-5-6-10-23(20)26(32-27)19-7-3-2-4-8-19/h2-11,14,21-22,27H,12-13,15-17H2,1H3,(H,33,35)/t21?,22?,27-/m1/s1. The number of Topliss-reactive ketones (excluding diaryl/α,β-unsaturated/α-hetero) is 1. The van der Waals surface area contributed by atoms with Gasteiger partial charge in [0.05, 0.1) is 23.5 Å². The second kappa shape index (κ2) is 9.74. The highest BCUT2D eigenvalue weighted by molar-refractivity contribution is 6.16. The SMILES string of the molecule is Cc1ccc(-c2nnc(N[C@H]3N=C(c4ccccc4)c4ccccc4CC3=O)o2)c(N2CC3CCC(C2)O3)n1. The third kappa shape index (κ3) is 4.59. The van der Waals surface area contributed by atoms with Gasteiger partial charge in [0.15, 0.2) is 11.9 Å². The number of pyridine rings is 1. The van der Waals surface area contributed by atoms with Crippen molar-refractivity contribution in [2.24, 2.45) is 4.99 Å². The monoisotopic (exact) mass is 520 g/mol. The van der Waals surface area contributed by atoms with Gasteiger partial charge >= 0.3 is 6.01 Å². The first kappa shape index (κ1) is 23.7. The average molecular weight is 521 g/mol. The molecule has 9 nitrogen and oxygen atoms in total. The number of hydrogen-bond acceptors (Lipinski definition) is 9. The van der Waals surface area contributed by atoms with Gasteiger partial charge in [-0.3, -0.25) is 9.79 Å². The van der Waals surface area contributed by atoms with Crippen molar-refractivity contribution in [1.29, 1.82) is 0 Å². The molecule has 2 unspecified atom stereocenters. The summed E-state index contributed by atoms with van der Waals surface area (Å²) in [7, 11) is 0. The number of morpholine rings is 1. The lowest BCUT2D eigenvalue weighted by Gasteiger charge is -2.33. The fourth-order valence-corrected chi connectivity index (χ4v) is 5.65. The van der Waals surface area contributed by atoms with Gasteiger partial charge in [-0.1, -0.05) is 59.7 Å². The molecule has 0 radical (unpaired) electrons. The van der Waals surface area contributed by atoms with Gasteiger partial charge in [0.25, 0.3) is 5.89 Å². The Balaban J connectivity index is 1.20. The highest BCUT2D eigenvalue weighted by Gasteiger charge is 2.36. The summed E-state index contributed by atoms with van der Waals surface area (Å²) < 4.78 is 12.1. The Kier molecular flexibility index (Phi) is 5.93. The molecule has 2 bridgehead atoms. The van der Waals surface area contributed by atoms with Gasteiger partial charge in [-0.15, -0.1) is 5.10 Å². The summed E-state index contributed by atoms with van der Waals surface area (Å²) in [5.74, 6) is 1.08. The maximum Gasteiger partial charge on any atom is 0.317 e. The van der Waals surface area contributed by atoms with Gasteiger partial charge in [0, 0.05) is 36.3 Å². The summed E-state index contributed by atoms with van der Waals surface area (Å²) in [6, 6.07) is 21.8. The zero-order chi connectivity index (χ0) is 26.3. The molecule has 196 valence electrons. The van der Waals surface area contributed by atoms with Gasteiger partial charge in [0.1, 0.15) is 5.82 Å². The van der Waals surface area contributed by atoms with Gasteiger partial charge in [-0.25, -0.2) is 4.98 Å². The first-order valence-corrected chi connectivity index (χ1v) is 13.3. The summed E-state index contributed by atoms with van der Waals surface area (Å²) >= 11 is 0. The van der Waals surface area contributed by atoms with E-state index in [0.717, 1.165) is 65.4 Å². The molecule has 0 aliphatic carbocycles. The molecule has 2 aromatic heterocycles. The van der Waals surface area contributed by atoms with E-state index in [1.165, 1.54) is 0 Å². The molecule has 0 saturated carbocycles. The fourth-order valence-electron chi connectivity index (χ4n) is 5.65. The van der Waals surface area contributed by atoms with Crippen LogP contribution in [0.5, 0.6) is 0 Å². The van der Waals surface area contributed by atoms with Crippen LogP contribution in [-0.4, -0.2) is 58.1 Å². The molecule has 2 saturated heterocycles. The average Bonchev–Trinajstić information content (AvgIpc) is 3.53. The molecule has 2 fully saturated rings. The van der Waals surface area contributed by atoms with Crippen molar-refractivity contribution in [3.05, 3.63) is 89.1 Å². The van der Waals surface area contributed by atoms with Crippen molar-refractivity contribution in [1.82, 2.24) is 15.2 Å². The number of nitrogens with zero attached hydrogens (tertiary/aromatic N) is 5. The number of rotatable bonds is 5. The van der Waals surface area contributed by atoms with Crippen LogP contribution in [0, 0.1) is 6.92 Å². The number of ether oxygens (including phenoxy) is 1. The topological polar surface area (TPSA) is 106 Å². The third-order valence-corrected chi connectivity index (χ3v) is 7.52. The van der Waals surface area contributed by atoms with Crippen molar-refractivity contribution in [2.45, 2.75) is 44.6 Å². The summed E-state index contributed by atoms with van der Waals surface area (Å²) in [5.41, 5.74) is 5.25. The summed E-state index contributed by atoms with van der Waals surface area (Å²) in [6.07, 6.45) is 1.97. The van der Waals surface area contributed by atoms with E-state index in [9.17, 15) is 4.79 Å². The van der Waals surface area contributed by atoms with E-state index in [4.69, 9.17) is 19.1 Å². The number of carbonyl (C=O) groups is 1. The van der Waals surface area contributed by atoms with Crippen molar-refractivity contribution in [2.75, 3.05) is 23.3 Å². The molecular formula is C30H28N6O3. The summed E-state index contributed by atoms with van der Waals surface area (Å²) in [6.45, 7) is 3.54. The van der Waals surface area contributed by atoms with Crippen LogP contribution in [-0.2, 0) is 16.0 Å². The number of aromatic nitrogens is 3. The molecule has 5 heterocycles. The molecule has 0 spiro atoms. The maximum atomic E-state index is 13.3. The number of aliphatic imine (C=N–C) groups is 1. The van der Waals surface area contributed by atoms with Crippen molar-refractivity contribution < 1.29 is 13.9 Å². The van der Waals surface area contributed by atoms with Crippen LogP contribution < -0.4 is 10.2 Å². The van der Waals surface area contributed by atoms with E-state index in [-0.39, 0.29) is 30.4 Å². The fraction of sp³-hybridized carbons (Fsp3) is 0.300. The Morgan fingerprint density at radius 3 is 2.49 bits per heavy atom. The number of carbonyl (C=O) groups excluding carboxylic acids is 1. The van der Waals surface area contributed by atoms with Crippen molar-refractivity contribution >= 4 is 23.3 Å². The molecule has 1 N–H and O–H groups in total. The number of fused-ring (bicyclic) bond motifs is 3. The van der Waals surface area contributed by atoms with Gasteiger partial charge < -0.3 is 19.4 Å². The Bertz CT molecular complexity index is 1550. The van der Waals surface area contributed by atoms with Gasteiger partial charge in [-0.05, 0) is 37.5 Å². The van der Waals surface area contributed by atoms with Gasteiger partial charge in [-0.2, -0.15) is 0 Å². The van der Waals surface area contributed by atoms with Crippen LogP contribution in [0.15, 0.2) is 76.1 Å². The summed E-state index contributed by atoms with van der Waals surface area (Å²) in [4.78, 5) is 25.3. The minimum Gasteiger partial charge on any atom is -0.403 e. The van der Waals surface area contributed by atoms with Gasteiger partial charge in [0.2, 0.25) is 0 Å². The molecule has 3 aliphatic rings. The largest absolute Gasteiger partial charge is 0.403 e. The number of hydrogen-bond donors (Lipinski definition) is 1. The van der Waals surface area contributed by atoms with E-state index in [1.807, 2.05) is 73.7 Å². The third-order valence-electron chi connectivity index (χ3n) is 7.52.